The number of hydrogen-bond acceptors (Lipinski definition) is 5. The van der Waals surface area contributed by atoms with Gasteiger partial charge in [0, 0.05) is 18.8 Å². The average molecular weight is 232 g/mol. The van der Waals surface area contributed by atoms with Crippen molar-refractivity contribution < 1.29 is 5.11 Å². The highest BCUT2D eigenvalue weighted by atomic mass is 32.2. The van der Waals surface area contributed by atoms with Gasteiger partial charge in [0.05, 0.1) is 0 Å². The summed E-state index contributed by atoms with van der Waals surface area (Å²) < 4.78 is 5.29. The summed E-state index contributed by atoms with van der Waals surface area (Å²) in [6.45, 7) is 2.38. The summed E-state index contributed by atoms with van der Waals surface area (Å²) in [5.41, 5.74) is 0. The maximum Gasteiger partial charge on any atom is 0.170 e. The lowest BCUT2D eigenvalue weighted by molar-refractivity contribution is 0.284. The Labute approximate surface area is 93.1 Å². The number of hydrogen-bond donors (Lipinski definition) is 1. The first kappa shape index (κ1) is 11.9. The van der Waals surface area contributed by atoms with Crippen molar-refractivity contribution in [2.75, 3.05) is 12.4 Å². The van der Waals surface area contributed by atoms with Crippen LogP contribution in [0.2, 0.25) is 0 Å². The van der Waals surface area contributed by atoms with E-state index < -0.39 is 0 Å². The van der Waals surface area contributed by atoms with Gasteiger partial charge in [-0.05, 0) is 24.4 Å². The summed E-state index contributed by atoms with van der Waals surface area (Å²) in [7, 11) is 0. The van der Waals surface area contributed by atoms with Crippen LogP contribution in [0.4, 0.5) is 0 Å². The molecule has 0 aliphatic carbocycles. The Bertz CT molecular complexity index is 253. The molecule has 0 atom stereocenters. The smallest absolute Gasteiger partial charge is 0.170 e. The normalized spacial score (nSPS) is 10.7. The summed E-state index contributed by atoms with van der Waals surface area (Å²) >= 11 is 3.26. The van der Waals surface area contributed by atoms with Crippen LogP contribution in [0.15, 0.2) is 4.34 Å². The second-order valence-corrected chi connectivity index (χ2v) is 5.06. The van der Waals surface area contributed by atoms with Crippen molar-refractivity contribution in [3.63, 3.8) is 0 Å². The minimum Gasteiger partial charge on any atom is -0.396 e. The van der Waals surface area contributed by atoms with Crippen LogP contribution in [0.1, 0.15) is 32.0 Å². The predicted molar refractivity (Wildman–Crippen MR) is 60.9 cm³/mol. The van der Waals surface area contributed by atoms with Gasteiger partial charge in [-0.1, -0.05) is 25.1 Å². The van der Waals surface area contributed by atoms with E-state index >= 15 is 0 Å². The lowest BCUT2D eigenvalue weighted by Gasteiger charge is -1.96. The monoisotopic (exact) mass is 232 g/mol. The number of aliphatic hydroxyl groups excluding tert-OH is 1. The summed E-state index contributed by atoms with van der Waals surface area (Å²) in [4.78, 5) is 4.37. The number of nitrogens with zero attached hydrogens (tertiary/aromatic N) is 2. The molecule has 0 unspecified atom stereocenters. The van der Waals surface area contributed by atoms with Crippen LogP contribution in [0.3, 0.4) is 0 Å². The molecule has 0 aliphatic heterocycles. The molecule has 1 aromatic rings. The topological polar surface area (TPSA) is 46.0 Å². The van der Waals surface area contributed by atoms with Gasteiger partial charge in [0.15, 0.2) is 4.34 Å². The molecule has 0 saturated carbocycles. The van der Waals surface area contributed by atoms with E-state index in [1.165, 1.54) is 11.5 Å². The van der Waals surface area contributed by atoms with Gasteiger partial charge in [0.2, 0.25) is 0 Å². The number of unbranched alkanes of at least 4 members (excludes halogenated alkanes) is 2. The zero-order valence-electron chi connectivity index (χ0n) is 8.40. The molecule has 3 nitrogen and oxygen atoms in total. The number of rotatable bonds is 7. The zero-order chi connectivity index (χ0) is 10.2. The van der Waals surface area contributed by atoms with E-state index in [-0.39, 0.29) is 0 Å². The molecule has 0 bridgehead atoms. The first-order valence-corrected chi connectivity index (χ1v) is 6.69. The predicted octanol–water partition coefficient (Wildman–Crippen LogP) is 2.36. The summed E-state index contributed by atoms with van der Waals surface area (Å²) in [5, 5.41) is 8.59. The van der Waals surface area contributed by atoms with Crippen LogP contribution < -0.4 is 0 Å². The van der Waals surface area contributed by atoms with E-state index in [2.05, 4.69) is 16.3 Å². The van der Waals surface area contributed by atoms with Crippen molar-refractivity contribution in [1.82, 2.24) is 9.36 Å². The fourth-order valence-electron chi connectivity index (χ4n) is 0.990. The Morgan fingerprint density at radius 3 is 2.86 bits per heavy atom. The van der Waals surface area contributed by atoms with Crippen LogP contribution in [-0.2, 0) is 6.42 Å². The standard InChI is InChI=1S/C9H16N2OS2/c1-2-8-10-9(14-11-8)13-7-5-3-4-6-12/h12H,2-7H2,1H3. The maximum absolute atomic E-state index is 8.59. The lowest BCUT2D eigenvalue weighted by atomic mass is 10.3. The SMILES string of the molecule is CCc1nsc(SCCCCCO)n1. The van der Waals surface area contributed by atoms with Crippen molar-refractivity contribution in [1.29, 1.82) is 0 Å². The van der Waals surface area contributed by atoms with E-state index in [1.807, 2.05) is 0 Å². The Kier molecular flexibility index (Phi) is 6.14. The molecule has 0 amide bonds. The molecule has 0 aromatic carbocycles. The van der Waals surface area contributed by atoms with E-state index in [0.29, 0.717) is 6.61 Å². The number of thioether (sulfide) groups is 1. The molecule has 1 rings (SSSR count). The summed E-state index contributed by atoms with van der Waals surface area (Å²) in [6, 6.07) is 0. The van der Waals surface area contributed by atoms with Crippen LogP contribution in [0.5, 0.6) is 0 Å². The summed E-state index contributed by atoms with van der Waals surface area (Å²) in [5.74, 6) is 2.03. The minimum absolute atomic E-state index is 0.309. The lowest BCUT2D eigenvalue weighted by Crippen LogP contribution is -1.85. The highest BCUT2D eigenvalue weighted by Gasteiger charge is 2.01. The molecule has 0 aliphatic rings. The molecule has 0 saturated heterocycles. The third-order valence-corrected chi connectivity index (χ3v) is 3.75. The largest absolute Gasteiger partial charge is 0.396 e. The molecule has 5 heteroatoms. The molecule has 0 fully saturated rings. The van der Waals surface area contributed by atoms with Crippen molar-refractivity contribution >= 4 is 23.3 Å². The first-order chi connectivity index (χ1) is 6.86. The van der Waals surface area contributed by atoms with Crippen LogP contribution in [0.25, 0.3) is 0 Å². The number of aliphatic hydroxyl groups is 1. The fraction of sp³-hybridized carbons (Fsp3) is 0.778. The Balaban J connectivity index is 2.12. The molecule has 1 aromatic heterocycles. The van der Waals surface area contributed by atoms with E-state index in [1.54, 1.807) is 11.8 Å². The van der Waals surface area contributed by atoms with Gasteiger partial charge >= 0.3 is 0 Å². The Morgan fingerprint density at radius 2 is 2.21 bits per heavy atom. The van der Waals surface area contributed by atoms with Crippen LogP contribution >= 0.6 is 23.3 Å². The van der Waals surface area contributed by atoms with E-state index in [0.717, 1.165) is 41.6 Å². The van der Waals surface area contributed by atoms with Crippen molar-refractivity contribution in [2.45, 2.75) is 36.9 Å². The van der Waals surface area contributed by atoms with Crippen LogP contribution in [0, 0.1) is 0 Å². The Morgan fingerprint density at radius 1 is 1.36 bits per heavy atom. The molecule has 1 heterocycles. The van der Waals surface area contributed by atoms with Gasteiger partial charge in [-0.3, -0.25) is 0 Å². The van der Waals surface area contributed by atoms with Gasteiger partial charge in [-0.25, -0.2) is 4.98 Å². The number of aryl methyl sites for hydroxylation is 1. The minimum atomic E-state index is 0.309. The van der Waals surface area contributed by atoms with Gasteiger partial charge in [0.25, 0.3) is 0 Å². The summed E-state index contributed by atoms with van der Waals surface area (Å²) in [6.07, 6.45) is 4.08. The Hall–Kier alpha value is -0.130. The highest BCUT2D eigenvalue weighted by molar-refractivity contribution is 8.00. The molecule has 1 N–H and O–H groups in total. The van der Waals surface area contributed by atoms with Crippen LogP contribution in [-0.4, -0.2) is 26.8 Å². The molecule has 0 radical (unpaired) electrons. The van der Waals surface area contributed by atoms with E-state index in [4.69, 9.17) is 5.11 Å². The molecular formula is C9H16N2OS2. The third-order valence-electron chi connectivity index (χ3n) is 1.79. The van der Waals surface area contributed by atoms with Gasteiger partial charge in [-0.15, -0.1) is 0 Å². The zero-order valence-corrected chi connectivity index (χ0v) is 10.0. The second-order valence-electron chi connectivity index (χ2n) is 2.96. The fourth-order valence-corrected chi connectivity index (χ4v) is 2.76. The number of aromatic nitrogens is 2. The molecule has 0 spiro atoms. The van der Waals surface area contributed by atoms with Gasteiger partial charge in [0.1, 0.15) is 5.82 Å². The quantitative estimate of drug-likeness (QED) is 0.579. The molecule has 80 valence electrons. The molecule has 14 heavy (non-hydrogen) atoms. The van der Waals surface area contributed by atoms with E-state index in [9.17, 15) is 0 Å². The average Bonchev–Trinajstić information content (AvgIpc) is 2.65. The highest BCUT2D eigenvalue weighted by Crippen LogP contribution is 2.21. The van der Waals surface area contributed by atoms with Crippen molar-refractivity contribution in [3.8, 4) is 0 Å². The first-order valence-electron chi connectivity index (χ1n) is 4.93. The third kappa shape index (κ3) is 4.39. The molecular weight excluding hydrogens is 216 g/mol. The maximum atomic E-state index is 8.59. The van der Waals surface area contributed by atoms with Gasteiger partial charge in [-0.2, -0.15) is 4.37 Å². The van der Waals surface area contributed by atoms with Crippen molar-refractivity contribution in [3.05, 3.63) is 5.82 Å². The van der Waals surface area contributed by atoms with Gasteiger partial charge < -0.3 is 5.11 Å². The second kappa shape index (κ2) is 7.20. The van der Waals surface area contributed by atoms with Crippen molar-refractivity contribution in [2.24, 2.45) is 0 Å².